The Morgan fingerprint density at radius 2 is 1.87 bits per heavy atom. The Morgan fingerprint density at radius 1 is 1.07 bits per heavy atom. The number of rotatable bonds is 9. The van der Waals surface area contributed by atoms with E-state index in [4.69, 9.17) is 20.8 Å². The van der Waals surface area contributed by atoms with Crippen LogP contribution in [0.3, 0.4) is 0 Å². The highest BCUT2D eigenvalue weighted by Gasteiger charge is 2.17. The molecule has 154 valence electrons. The topological polar surface area (TPSA) is 66.0 Å². The van der Waals surface area contributed by atoms with Gasteiger partial charge in [-0.25, -0.2) is 4.98 Å². The van der Waals surface area contributed by atoms with E-state index in [1.165, 1.54) is 11.8 Å². The van der Waals surface area contributed by atoms with Crippen molar-refractivity contribution >= 4 is 23.4 Å². The van der Waals surface area contributed by atoms with Gasteiger partial charge < -0.3 is 13.7 Å². The Hall–Kier alpha value is -2.61. The molecule has 2 aromatic carbocycles. The third-order valence-corrected chi connectivity index (χ3v) is 5.78. The Bertz CT molecular complexity index is 1100. The van der Waals surface area contributed by atoms with E-state index in [1.54, 1.807) is 13.3 Å². The van der Waals surface area contributed by atoms with Crippen molar-refractivity contribution in [3.8, 4) is 22.7 Å². The van der Waals surface area contributed by atoms with Crippen molar-refractivity contribution in [3.05, 3.63) is 71.7 Å². The minimum atomic E-state index is 0.553. The molecule has 0 aliphatic carbocycles. The lowest BCUT2D eigenvalue weighted by Gasteiger charge is -2.10. The van der Waals surface area contributed by atoms with Gasteiger partial charge in [-0.3, -0.25) is 0 Å². The van der Waals surface area contributed by atoms with Crippen LogP contribution in [0.15, 0.2) is 70.4 Å². The van der Waals surface area contributed by atoms with Crippen LogP contribution in [0.2, 0.25) is 5.02 Å². The molecular formula is C22H21ClN4O2S. The first-order chi connectivity index (χ1) is 14.8. The fourth-order valence-electron chi connectivity index (χ4n) is 3.04. The Balaban J connectivity index is 1.54. The zero-order valence-electron chi connectivity index (χ0n) is 16.5. The quantitative estimate of drug-likeness (QED) is 0.250. The molecule has 0 N–H and O–H groups in total. The van der Waals surface area contributed by atoms with Gasteiger partial charge in [0.05, 0.1) is 17.0 Å². The zero-order chi connectivity index (χ0) is 20.8. The molecule has 0 spiro atoms. The molecule has 6 nitrogen and oxygen atoms in total. The van der Waals surface area contributed by atoms with Crippen molar-refractivity contribution < 1.29 is 9.15 Å². The molecule has 0 aliphatic rings. The summed E-state index contributed by atoms with van der Waals surface area (Å²) in [5, 5.41) is 10.2. The number of aromatic nitrogens is 4. The normalized spacial score (nSPS) is 11.1. The summed E-state index contributed by atoms with van der Waals surface area (Å²) >= 11 is 7.93. The molecule has 0 fully saturated rings. The number of halogens is 1. The fraction of sp³-hybridized carbons (Fsp3) is 0.227. The largest absolute Gasteiger partial charge is 0.440 e. The van der Waals surface area contributed by atoms with Crippen LogP contribution in [0.1, 0.15) is 12.3 Å². The molecule has 0 saturated carbocycles. The predicted molar refractivity (Wildman–Crippen MR) is 118 cm³/mol. The molecule has 8 heteroatoms. The van der Waals surface area contributed by atoms with Gasteiger partial charge in [-0.1, -0.05) is 65.8 Å². The van der Waals surface area contributed by atoms with Crippen molar-refractivity contribution in [1.29, 1.82) is 0 Å². The smallest absolute Gasteiger partial charge is 0.205 e. The van der Waals surface area contributed by atoms with Crippen LogP contribution in [0.5, 0.6) is 0 Å². The third-order valence-electron chi connectivity index (χ3n) is 4.50. The van der Waals surface area contributed by atoms with E-state index in [-0.39, 0.29) is 0 Å². The van der Waals surface area contributed by atoms with Crippen LogP contribution in [0, 0.1) is 0 Å². The number of hydrogen-bond donors (Lipinski definition) is 0. The monoisotopic (exact) mass is 440 g/mol. The van der Waals surface area contributed by atoms with Gasteiger partial charge in [0.1, 0.15) is 0 Å². The summed E-state index contributed by atoms with van der Waals surface area (Å²) in [5.74, 6) is 2.70. The van der Waals surface area contributed by atoms with E-state index >= 15 is 0 Å². The molecular weight excluding hydrogens is 420 g/mol. The molecule has 4 rings (SSSR count). The first-order valence-electron chi connectivity index (χ1n) is 9.56. The lowest BCUT2D eigenvalue weighted by atomic mass is 10.2. The Kier molecular flexibility index (Phi) is 6.84. The summed E-state index contributed by atoms with van der Waals surface area (Å²) in [5.41, 5.74) is 1.86. The van der Waals surface area contributed by atoms with E-state index in [1.807, 2.05) is 54.6 Å². The number of methoxy groups -OCH3 is 1. The van der Waals surface area contributed by atoms with Crippen molar-refractivity contribution in [1.82, 2.24) is 19.7 Å². The molecule has 0 atom stereocenters. The summed E-state index contributed by atoms with van der Waals surface area (Å²) < 4.78 is 13.2. The highest BCUT2D eigenvalue weighted by Crippen LogP contribution is 2.31. The average Bonchev–Trinajstić information content (AvgIpc) is 3.41. The van der Waals surface area contributed by atoms with Gasteiger partial charge in [0.2, 0.25) is 5.89 Å². The summed E-state index contributed by atoms with van der Waals surface area (Å²) in [6.07, 6.45) is 2.60. The average molecular weight is 441 g/mol. The summed E-state index contributed by atoms with van der Waals surface area (Å²) in [4.78, 5) is 4.41. The fourth-order valence-corrected chi connectivity index (χ4v) is 4.08. The van der Waals surface area contributed by atoms with E-state index in [9.17, 15) is 0 Å². The van der Waals surface area contributed by atoms with Crippen LogP contribution < -0.4 is 0 Å². The second-order valence-electron chi connectivity index (χ2n) is 6.56. The van der Waals surface area contributed by atoms with Crippen LogP contribution in [-0.2, 0) is 17.0 Å². The highest BCUT2D eigenvalue weighted by molar-refractivity contribution is 7.98. The summed E-state index contributed by atoms with van der Waals surface area (Å²) in [7, 11) is 1.70. The molecule has 0 bridgehead atoms. The number of ether oxygens (including phenoxy) is 1. The van der Waals surface area contributed by atoms with Crippen molar-refractivity contribution in [2.75, 3.05) is 13.7 Å². The number of nitrogens with zero attached hydrogens (tertiary/aromatic N) is 4. The van der Waals surface area contributed by atoms with Gasteiger partial charge in [-0.15, -0.1) is 10.2 Å². The van der Waals surface area contributed by atoms with Crippen LogP contribution in [0.4, 0.5) is 0 Å². The maximum Gasteiger partial charge on any atom is 0.205 e. The lowest BCUT2D eigenvalue weighted by molar-refractivity contribution is 0.189. The molecule has 0 unspecified atom stereocenters. The number of oxazole rings is 1. The van der Waals surface area contributed by atoms with Crippen molar-refractivity contribution in [2.45, 2.75) is 23.9 Å². The van der Waals surface area contributed by atoms with E-state index in [2.05, 4.69) is 19.7 Å². The summed E-state index contributed by atoms with van der Waals surface area (Å²) in [6, 6.07) is 17.6. The lowest BCUT2D eigenvalue weighted by Crippen LogP contribution is -2.05. The van der Waals surface area contributed by atoms with Gasteiger partial charge in [-0.05, 0) is 18.6 Å². The first-order valence-corrected chi connectivity index (χ1v) is 10.9. The number of hydrogen-bond acceptors (Lipinski definition) is 6. The molecule has 0 amide bonds. The Labute approximate surface area is 184 Å². The van der Waals surface area contributed by atoms with E-state index < -0.39 is 0 Å². The minimum Gasteiger partial charge on any atom is -0.440 e. The SMILES string of the molecule is COCCCn1c(SCc2ncc(-c3ccccc3)o2)nnc1-c1ccccc1Cl. The van der Waals surface area contributed by atoms with Crippen molar-refractivity contribution in [2.24, 2.45) is 0 Å². The third kappa shape index (κ3) is 4.75. The molecule has 2 heterocycles. The van der Waals surface area contributed by atoms with Crippen LogP contribution in [0.25, 0.3) is 22.7 Å². The highest BCUT2D eigenvalue weighted by atomic mass is 35.5. The van der Waals surface area contributed by atoms with Gasteiger partial charge in [-0.2, -0.15) is 0 Å². The Morgan fingerprint density at radius 3 is 2.67 bits per heavy atom. The molecule has 4 aromatic rings. The predicted octanol–water partition coefficient (Wildman–Crippen LogP) is 5.58. The van der Waals surface area contributed by atoms with Gasteiger partial charge in [0.15, 0.2) is 16.7 Å². The minimum absolute atomic E-state index is 0.553. The maximum absolute atomic E-state index is 6.40. The van der Waals surface area contributed by atoms with Gasteiger partial charge >= 0.3 is 0 Å². The van der Waals surface area contributed by atoms with Crippen LogP contribution in [-0.4, -0.2) is 33.5 Å². The maximum atomic E-state index is 6.40. The van der Waals surface area contributed by atoms with E-state index in [0.29, 0.717) is 23.3 Å². The number of thioether (sulfide) groups is 1. The number of benzene rings is 2. The standard InChI is InChI=1S/C22H21ClN4O2S/c1-28-13-7-12-27-21(17-10-5-6-11-18(17)23)25-26-22(27)30-15-20-24-14-19(29-20)16-8-3-2-4-9-16/h2-6,8-11,14H,7,12-13,15H2,1H3. The van der Waals surface area contributed by atoms with Crippen LogP contribution >= 0.6 is 23.4 Å². The van der Waals surface area contributed by atoms with E-state index in [0.717, 1.165) is 40.8 Å². The second kappa shape index (κ2) is 9.93. The zero-order valence-corrected chi connectivity index (χ0v) is 18.1. The first kappa shape index (κ1) is 20.7. The molecule has 30 heavy (non-hydrogen) atoms. The molecule has 0 aliphatic heterocycles. The van der Waals surface area contributed by atoms with Crippen molar-refractivity contribution in [3.63, 3.8) is 0 Å². The summed E-state index contributed by atoms with van der Waals surface area (Å²) in [6.45, 7) is 1.38. The second-order valence-corrected chi connectivity index (χ2v) is 7.91. The van der Waals surface area contributed by atoms with Gasteiger partial charge in [0, 0.05) is 31.4 Å². The van der Waals surface area contributed by atoms with Gasteiger partial charge in [0.25, 0.3) is 0 Å². The molecule has 0 saturated heterocycles. The molecule has 2 aromatic heterocycles. The molecule has 0 radical (unpaired) electrons.